The van der Waals surface area contributed by atoms with Crippen LogP contribution in [0.2, 0.25) is 0 Å². The Labute approximate surface area is 319 Å². The molecule has 0 aliphatic rings. The molecule has 55 heavy (non-hydrogen) atoms. The van der Waals surface area contributed by atoms with E-state index in [-0.39, 0.29) is 0 Å². The maximum Gasteiger partial charge on any atom is 0.0802 e. The van der Waals surface area contributed by atoms with E-state index in [4.69, 9.17) is 10.7 Å². The van der Waals surface area contributed by atoms with Crippen LogP contribution in [0.4, 0.5) is 5.69 Å². The molecule has 0 amide bonds. The van der Waals surface area contributed by atoms with Gasteiger partial charge in [0.15, 0.2) is 0 Å². The number of benzene rings is 8. The predicted molar refractivity (Wildman–Crippen MR) is 233 cm³/mol. The molecule has 0 spiro atoms. The summed E-state index contributed by atoms with van der Waals surface area (Å²) < 4.78 is 4.71. The van der Waals surface area contributed by atoms with Crippen LogP contribution in [0, 0.1) is 0 Å². The van der Waals surface area contributed by atoms with Crippen LogP contribution >= 0.6 is 0 Å². The summed E-state index contributed by atoms with van der Waals surface area (Å²) in [5.41, 5.74) is 20.7. The van der Waals surface area contributed by atoms with Crippen molar-refractivity contribution in [1.82, 2.24) is 9.13 Å². The molecule has 2 aromatic heterocycles. The van der Waals surface area contributed by atoms with Gasteiger partial charge in [-0.2, -0.15) is 0 Å². The third kappa shape index (κ3) is 5.51. The van der Waals surface area contributed by atoms with Crippen molar-refractivity contribution >= 4 is 60.7 Å². The molecule has 0 radical (unpaired) electrons. The van der Waals surface area contributed by atoms with Gasteiger partial charge in [-0.05, 0) is 83.4 Å². The van der Waals surface area contributed by atoms with E-state index in [0.717, 1.165) is 44.8 Å². The van der Waals surface area contributed by atoms with E-state index in [1.165, 1.54) is 43.7 Å². The molecular formula is C51H36N4. The van der Waals surface area contributed by atoms with Crippen LogP contribution in [0.25, 0.3) is 71.8 Å². The number of aliphatic imine (C=N–C) groups is 1. The minimum Gasteiger partial charge on any atom is -0.398 e. The topological polar surface area (TPSA) is 48.2 Å². The van der Waals surface area contributed by atoms with Gasteiger partial charge in [-0.25, -0.2) is 4.99 Å². The quantitative estimate of drug-likeness (QED) is 0.130. The van der Waals surface area contributed by atoms with E-state index in [0.29, 0.717) is 11.4 Å². The van der Waals surface area contributed by atoms with Crippen molar-refractivity contribution in [1.29, 1.82) is 0 Å². The molecule has 8 aromatic carbocycles. The minimum absolute atomic E-state index is 0.671. The minimum atomic E-state index is 0.671. The van der Waals surface area contributed by atoms with E-state index >= 15 is 0 Å². The zero-order valence-corrected chi connectivity index (χ0v) is 30.1. The average molecular weight is 705 g/mol. The first-order valence-electron chi connectivity index (χ1n) is 18.5. The smallest absolute Gasteiger partial charge is 0.0802 e. The van der Waals surface area contributed by atoms with E-state index in [9.17, 15) is 0 Å². The van der Waals surface area contributed by atoms with Crippen LogP contribution in [-0.4, -0.2) is 14.8 Å². The molecule has 0 bridgehead atoms. The van der Waals surface area contributed by atoms with E-state index < -0.39 is 0 Å². The van der Waals surface area contributed by atoms with Crippen LogP contribution in [0.1, 0.15) is 16.7 Å². The second kappa shape index (κ2) is 13.2. The molecule has 10 rings (SSSR count). The summed E-state index contributed by atoms with van der Waals surface area (Å²) in [4.78, 5) is 5.07. The highest BCUT2D eigenvalue weighted by atomic mass is 15.0. The Morgan fingerprint density at radius 2 is 0.891 bits per heavy atom. The van der Waals surface area contributed by atoms with Gasteiger partial charge in [0, 0.05) is 49.7 Å². The van der Waals surface area contributed by atoms with Gasteiger partial charge < -0.3 is 14.9 Å². The molecular weight excluding hydrogens is 669 g/mol. The fourth-order valence-corrected chi connectivity index (χ4v) is 8.03. The average Bonchev–Trinajstić information content (AvgIpc) is 3.76. The number of nitrogens with two attached hydrogens (primary N) is 1. The third-order valence-electron chi connectivity index (χ3n) is 10.7. The summed E-state index contributed by atoms with van der Waals surface area (Å²) in [5.74, 6) is 0. The van der Waals surface area contributed by atoms with Crippen molar-refractivity contribution in [3.8, 4) is 22.5 Å². The Hall–Kier alpha value is -7.43. The highest BCUT2D eigenvalue weighted by Crippen LogP contribution is 2.38. The largest absolute Gasteiger partial charge is 0.398 e. The van der Waals surface area contributed by atoms with Gasteiger partial charge in [-0.1, -0.05) is 134 Å². The molecule has 4 heteroatoms. The molecule has 2 heterocycles. The molecule has 2 N–H and O–H groups in total. The molecule has 0 atom stereocenters. The van der Waals surface area contributed by atoms with Gasteiger partial charge in [-0.3, -0.25) is 0 Å². The summed E-state index contributed by atoms with van der Waals surface area (Å²) in [6.07, 6.45) is 0. The van der Waals surface area contributed by atoms with Crippen molar-refractivity contribution in [2.75, 3.05) is 5.73 Å². The Kier molecular flexibility index (Phi) is 7.74. The molecule has 0 saturated heterocycles. The van der Waals surface area contributed by atoms with Gasteiger partial charge in [0.1, 0.15) is 0 Å². The number of para-hydroxylation sites is 4. The first kappa shape index (κ1) is 32.2. The molecule has 0 aliphatic carbocycles. The summed E-state index contributed by atoms with van der Waals surface area (Å²) in [6, 6.07) is 68.2. The Morgan fingerprint density at radius 1 is 0.418 bits per heavy atom. The lowest BCUT2D eigenvalue weighted by atomic mass is 10.0. The zero-order chi connectivity index (χ0) is 36.9. The Morgan fingerprint density at radius 3 is 1.47 bits per heavy atom. The molecule has 4 nitrogen and oxygen atoms in total. The van der Waals surface area contributed by atoms with Gasteiger partial charge in [0.05, 0.1) is 33.5 Å². The van der Waals surface area contributed by atoms with Gasteiger partial charge in [0.2, 0.25) is 0 Å². The monoisotopic (exact) mass is 704 g/mol. The van der Waals surface area contributed by atoms with Gasteiger partial charge >= 0.3 is 0 Å². The fourth-order valence-electron chi connectivity index (χ4n) is 8.03. The second-order valence-corrected chi connectivity index (χ2v) is 13.9. The molecule has 0 fully saturated rings. The molecule has 0 unspecified atom stereocenters. The first-order chi connectivity index (χ1) is 27.1. The number of fused-ring (bicyclic) bond motifs is 6. The highest BCUT2D eigenvalue weighted by Gasteiger charge is 2.17. The zero-order valence-electron chi connectivity index (χ0n) is 30.1. The lowest BCUT2D eigenvalue weighted by Gasteiger charge is -2.12. The first-order valence-corrected chi connectivity index (χ1v) is 18.5. The number of hydrogen-bond donors (Lipinski definition) is 1. The molecule has 260 valence electrons. The normalized spacial score (nSPS) is 11.9. The maximum absolute atomic E-state index is 6.43. The standard InChI is InChI=1S/C51H36N4/c1-34(53-51(36-14-4-2-5-15-36)43-20-8-11-21-46(43)52)35-24-28-40(29-25-35)55-48-23-13-10-19-42(48)45-33-38(27-31-50(45)55)37-26-30-49-44(32-37)41-18-9-12-22-47(41)54(49)39-16-6-3-7-17-39/h2-33H,1,52H2. The van der Waals surface area contributed by atoms with Crippen LogP contribution < -0.4 is 5.73 Å². The van der Waals surface area contributed by atoms with Crippen molar-refractivity contribution in [3.63, 3.8) is 0 Å². The number of rotatable bonds is 7. The van der Waals surface area contributed by atoms with Crippen molar-refractivity contribution in [3.05, 3.63) is 217 Å². The number of anilines is 1. The van der Waals surface area contributed by atoms with Gasteiger partial charge in [0.25, 0.3) is 0 Å². The second-order valence-electron chi connectivity index (χ2n) is 13.9. The summed E-state index contributed by atoms with van der Waals surface area (Å²) in [6.45, 7) is 4.39. The SMILES string of the molecule is C=C(N=C(c1ccccc1)c1ccccc1N)c1ccc(-n2c3ccccc3c3cc(-c4ccc5c(c4)c4ccccc4n5-c4ccccc4)ccc32)cc1. The summed E-state index contributed by atoms with van der Waals surface area (Å²) in [7, 11) is 0. The van der Waals surface area contributed by atoms with Crippen LogP contribution in [0.15, 0.2) is 206 Å². The van der Waals surface area contributed by atoms with Crippen LogP contribution in [0.3, 0.4) is 0 Å². The fraction of sp³-hybridized carbons (Fsp3) is 0. The summed E-state index contributed by atoms with van der Waals surface area (Å²) in [5, 5.41) is 4.92. The molecule has 0 saturated carbocycles. The maximum atomic E-state index is 6.43. The van der Waals surface area contributed by atoms with E-state index in [2.05, 4.69) is 167 Å². The van der Waals surface area contributed by atoms with E-state index in [1.807, 2.05) is 42.5 Å². The third-order valence-corrected chi connectivity index (χ3v) is 10.7. The number of nitrogen functional groups attached to an aromatic ring is 1. The number of aromatic nitrogens is 2. The molecule has 10 aromatic rings. The highest BCUT2D eigenvalue weighted by molar-refractivity contribution is 6.17. The lowest BCUT2D eigenvalue weighted by molar-refractivity contribution is 1.18. The predicted octanol–water partition coefficient (Wildman–Crippen LogP) is 12.6. The van der Waals surface area contributed by atoms with Crippen molar-refractivity contribution in [2.24, 2.45) is 4.99 Å². The Balaban J connectivity index is 1.04. The Bertz CT molecular complexity index is 3090. The lowest BCUT2D eigenvalue weighted by Crippen LogP contribution is -2.07. The molecule has 0 aliphatic heterocycles. The van der Waals surface area contributed by atoms with Crippen molar-refractivity contribution < 1.29 is 0 Å². The van der Waals surface area contributed by atoms with Gasteiger partial charge in [-0.15, -0.1) is 0 Å². The van der Waals surface area contributed by atoms with E-state index in [1.54, 1.807) is 0 Å². The number of hydrogen-bond acceptors (Lipinski definition) is 2. The van der Waals surface area contributed by atoms with Crippen LogP contribution in [-0.2, 0) is 0 Å². The van der Waals surface area contributed by atoms with Crippen molar-refractivity contribution in [2.45, 2.75) is 0 Å². The number of nitrogens with zero attached hydrogens (tertiary/aromatic N) is 3. The van der Waals surface area contributed by atoms with Crippen LogP contribution in [0.5, 0.6) is 0 Å². The summed E-state index contributed by atoms with van der Waals surface area (Å²) >= 11 is 0.